The minimum absolute atomic E-state index is 0.332. The van der Waals surface area contributed by atoms with Crippen LogP contribution in [0.2, 0.25) is 0 Å². The molecule has 1 fully saturated rings. The number of rotatable bonds is 2. The molecule has 1 aromatic rings. The molecule has 0 amide bonds. The van der Waals surface area contributed by atoms with Gasteiger partial charge in [0.15, 0.2) is 0 Å². The molecule has 1 aromatic carbocycles. The van der Waals surface area contributed by atoms with E-state index in [1.54, 1.807) is 0 Å². The van der Waals surface area contributed by atoms with E-state index in [4.69, 9.17) is 4.74 Å². The van der Waals surface area contributed by atoms with Crippen LogP contribution in [0.4, 0.5) is 0 Å². The van der Waals surface area contributed by atoms with Crippen molar-refractivity contribution in [1.82, 2.24) is 0 Å². The van der Waals surface area contributed by atoms with E-state index < -0.39 is 0 Å². The van der Waals surface area contributed by atoms with Crippen LogP contribution in [0.1, 0.15) is 55.8 Å². The van der Waals surface area contributed by atoms with Gasteiger partial charge in [0.25, 0.3) is 0 Å². The first-order valence-electron chi connectivity index (χ1n) is 7.22. The van der Waals surface area contributed by atoms with Gasteiger partial charge in [-0.05, 0) is 43.2 Å². The number of hydrogen-bond donors (Lipinski definition) is 0. The Labute approximate surface area is 118 Å². The Morgan fingerprint density at radius 3 is 2.72 bits per heavy atom. The highest BCUT2D eigenvalue weighted by atomic mass is 79.9. The summed E-state index contributed by atoms with van der Waals surface area (Å²) < 4.78 is 6.42. The van der Waals surface area contributed by atoms with Gasteiger partial charge in [-0.25, -0.2) is 0 Å². The third kappa shape index (κ3) is 2.65. The molecule has 18 heavy (non-hydrogen) atoms. The van der Waals surface area contributed by atoms with Crippen molar-refractivity contribution < 1.29 is 4.74 Å². The van der Waals surface area contributed by atoms with Gasteiger partial charge in [-0.2, -0.15) is 0 Å². The van der Waals surface area contributed by atoms with Crippen molar-refractivity contribution in [2.24, 2.45) is 0 Å². The van der Waals surface area contributed by atoms with Crippen molar-refractivity contribution in [3.8, 4) is 0 Å². The highest BCUT2D eigenvalue weighted by Crippen LogP contribution is 2.37. The number of fused-ring (bicyclic) bond motifs is 1. The van der Waals surface area contributed by atoms with Crippen molar-refractivity contribution in [2.45, 2.75) is 62.0 Å². The van der Waals surface area contributed by atoms with E-state index in [1.165, 1.54) is 56.1 Å². The Morgan fingerprint density at radius 2 is 1.83 bits per heavy atom. The van der Waals surface area contributed by atoms with E-state index >= 15 is 0 Å². The average Bonchev–Trinajstić information content (AvgIpc) is 2.42. The molecule has 3 unspecified atom stereocenters. The number of halogens is 1. The first-order valence-corrected chi connectivity index (χ1v) is 8.13. The van der Waals surface area contributed by atoms with E-state index in [-0.39, 0.29) is 0 Å². The molecule has 0 aliphatic heterocycles. The molecular weight excluding hydrogens is 288 g/mol. The maximum absolute atomic E-state index is 6.42. The van der Waals surface area contributed by atoms with Crippen LogP contribution in [0.5, 0.6) is 0 Å². The van der Waals surface area contributed by atoms with Crippen LogP contribution in [-0.4, -0.2) is 10.9 Å². The topological polar surface area (TPSA) is 9.23 Å². The Balaban J connectivity index is 1.73. The molecule has 98 valence electrons. The Morgan fingerprint density at radius 1 is 1.00 bits per heavy atom. The molecule has 3 atom stereocenters. The maximum atomic E-state index is 6.42. The number of hydrogen-bond acceptors (Lipinski definition) is 1. The van der Waals surface area contributed by atoms with Gasteiger partial charge in [0.05, 0.1) is 12.2 Å². The smallest absolute Gasteiger partial charge is 0.0832 e. The highest BCUT2D eigenvalue weighted by molar-refractivity contribution is 9.09. The predicted octanol–water partition coefficient (Wildman–Crippen LogP) is 4.79. The molecule has 0 spiro atoms. The van der Waals surface area contributed by atoms with Gasteiger partial charge in [0.1, 0.15) is 0 Å². The Kier molecular flexibility index (Phi) is 4.05. The van der Waals surface area contributed by atoms with E-state index in [0.29, 0.717) is 17.0 Å². The molecule has 2 aliphatic rings. The molecule has 1 nitrogen and oxygen atoms in total. The zero-order chi connectivity index (χ0) is 12.4. The molecule has 0 saturated heterocycles. The third-order valence-corrected chi connectivity index (χ3v) is 5.32. The van der Waals surface area contributed by atoms with Gasteiger partial charge in [-0.15, -0.1) is 0 Å². The largest absolute Gasteiger partial charge is 0.369 e. The zero-order valence-electron chi connectivity index (χ0n) is 10.8. The van der Waals surface area contributed by atoms with Gasteiger partial charge < -0.3 is 4.74 Å². The molecule has 2 heteroatoms. The van der Waals surface area contributed by atoms with Crippen LogP contribution in [0.3, 0.4) is 0 Å². The second-order valence-corrected chi connectivity index (χ2v) is 6.73. The minimum Gasteiger partial charge on any atom is -0.369 e. The summed E-state index contributed by atoms with van der Waals surface area (Å²) in [6.45, 7) is 0. The second-order valence-electron chi connectivity index (χ2n) is 5.55. The van der Waals surface area contributed by atoms with Crippen LogP contribution in [-0.2, 0) is 11.2 Å². The summed E-state index contributed by atoms with van der Waals surface area (Å²) in [6, 6.07) is 8.81. The average molecular weight is 309 g/mol. The minimum atomic E-state index is 0.332. The number of aryl methyl sites for hydroxylation is 1. The summed E-state index contributed by atoms with van der Waals surface area (Å²) in [5.41, 5.74) is 2.93. The quantitative estimate of drug-likeness (QED) is 0.714. The predicted molar refractivity (Wildman–Crippen MR) is 78.2 cm³/mol. The number of alkyl halides is 1. The van der Waals surface area contributed by atoms with Crippen LogP contribution in [0.15, 0.2) is 24.3 Å². The number of ether oxygens (including phenoxy) is 1. The van der Waals surface area contributed by atoms with Crippen molar-refractivity contribution in [1.29, 1.82) is 0 Å². The first-order chi connectivity index (χ1) is 8.84. The molecule has 1 saturated carbocycles. The van der Waals surface area contributed by atoms with Crippen molar-refractivity contribution >= 4 is 15.9 Å². The van der Waals surface area contributed by atoms with Crippen LogP contribution in [0, 0.1) is 0 Å². The lowest BCUT2D eigenvalue weighted by Crippen LogP contribution is -2.30. The zero-order valence-corrected chi connectivity index (χ0v) is 12.4. The van der Waals surface area contributed by atoms with Gasteiger partial charge >= 0.3 is 0 Å². The highest BCUT2D eigenvalue weighted by Gasteiger charge is 2.29. The third-order valence-electron chi connectivity index (χ3n) is 4.28. The lowest BCUT2D eigenvalue weighted by Gasteiger charge is -2.34. The standard InChI is InChI=1S/C16H21BrO/c17-14-9-3-4-10-16(14)18-15-11-5-7-12-6-1-2-8-13(12)15/h1-2,6,8,14-16H,3-5,7,9-11H2. The first kappa shape index (κ1) is 12.7. The van der Waals surface area contributed by atoms with Crippen LogP contribution in [0.25, 0.3) is 0 Å². The Bertz CT molecular complexity index is 404. The molecule has 0 radical (unpaired) electrons. The normalized spacial score (nSPS) is 31.9. The van der Waals surface area contributed by atoms with E-state index in [2.05, 4.69) is 40.2 Å². The fraction of sp³-hybridized carbons (Fsp3) is 0.625. The summed E-state index contributed by atoms with van der Waals surface area (Å²) in [5, 5.41) is 0. The summed E-state index contributed by atoms with van der Waals surface area (Å²) in [5.74, 6) is 0. The molecule has 0 N–H and O–H groups in total. The van der Waals surface area contributed by atoms with E-state index in [0.717, 1.165) is 0 Å². The molecule has 3 rings (SSSR count). The summed E-state index contributed by atoms with van der Waals surface area (Å²) in [7, 11) is 0. The van der Waals surface area contributed by atoms with E-state index in [1.807, 2.05) is 0 Å². The molecule has 0 aromatic heterocycles. The van der Waals surface area contributed by atoms with Gasteiger partial charge in [-0.1, -0.05) is 53.0 Å². The van der Waals surface area contributed by atoms with Gasteiger partial charge in [-0.3, -0.25) is 0 Å². The fourth-order valence-corrected chi connectivity index (χ4v) is 3.98. The monoisotopic (exact) mass is 308 g/mol. The number of benzene rings is 1. The molecule has 0 heterocycles. The Hall–Kier alpha value is -0.340. The van der Waals surface area contributed by atoms with Crippen LogP contribution < -0.4 is 0 Å². The van der Waals surface area contributed by atoms with Crippen molar-refractivity contribution in [2.75, 3.05) is 0 Å². The second kappa shape index (κ2) is 5.75. The SMILES string of the molecule is BrC1CCCCC1OC1CCCc2ccccc21. The van der Waals surface area contributed by atoms with Crippen molar-refractivity contribution in [3.63, 3.8) is 0 Å². The maximum Gasteiger partial charge on any atom is 0.0832 e. The van der Waals surface area contributed by atoms with Crippen LogP contribution >= 0.6 is 15.9 Å². The molecular formula is C16H21BrO. The van der Waals surface area contributed by atoms with Gasteiger partial charge in [0.2, 0.25) is 0 Å². The van der Waals surface area contributed by atoms with Crippen molar-refractivity contribution in [3.05, 3.63) is 35.4 Å². The van der Waals surface area contributed by atoms with Gasteiger partial charge in [0, 0.05) is 4.83 Å². The fourth-order valence-electron chi connectivity index (χ4n) is 3.27. The summed E-state index contributed by atoms with van der Waals surface area (Å²) >= 11 is 3.80. The summed E-state index contributed by atoms with van der Waals surface area (Å²) in [6.07, 6.45) is 9.56. The molecule has 2 aliphatic carbocycles. The summed E-state index contributed by atoms with van der Waals surface area (Å²) in [4.78, 5) is 0.556. The van der Waals surface area contributed by atoms with E-state index in [9.17, 15) is 0 Å². The molecule has 0 bridgehead atoms. The lowest BCUT2D eigenvalue weighted by atomic mass is 9.89. The lowest BCUT2D eigenvalue weighted by molar-refractivity contribution is -0.0343.